The van der Waals surface area contributed by atoms with E-state index in [2.05, 4.69) is 21.8 Å². The Bertz CT molecular complexity index is 1510. The minimum atomic E-state index is -3.94. The van der Waals surface area contributed by atoms with Crippen molar-refractivity contribution in [3.63, 3.8) is 0 Å². The summed E-state index contributed by atoms with van der Waals surface area (Å²) in [4.78, 5) is 15.7. The summed E-state index contributed by atoms with van der Waals surface area (Å²) < 4.78 is 35.4. The second-order valence-electron chi connectivity index (χ2n) is 13.1. The Labute approximate surface area is 254 Å². The molecule has 6 rings (SSSR count). The Balaban J connectivity index is 1.43. The van der Waals surface area contributed by atoms with E-state index in [1.165, 1.54) is 11.1 Å². The fourth-order valence-corrected chi connectivity index (χ4v) is 8.98. The van der Waals surface area contributed by atoms with Crippen molar-refractivity contribution >= 4 is 33.2 Å². The minimum absolute atomic E-state index is 0.0962. The van der Waals surface area contributed by atoms with E-state index < -0.39 is 27.3 Å². The predicted octanol–water partition coefficient (Wildman–Crippen LogP) is 5.49. The van der Waals surface area contributed by atoms with Gasteiger partial charge in [-0.3, -0.25) is 4.79 Å². The van der Waals surface area contributed by atoms with E-state index in [1.54, 1.807) is 25.1 Å². The predicted molar refractivity (Wildman–Crippen MR) is 166 cm³/mol. The SMILES string of the molecule is C[C@@H]1[C@@H](C)S(=O)(=O)NC(=O)c2ccc3c(c2)N(C[C@@H]2CC[C@H]2[C@@H](O)/C=C/[C@@H]1C)C[C@@]1(CCCc2cc(Cl)ccc21)CO3. The van der Waals surface area contributed by atoms with E-state index in [0.29, 0.717) is 25.4 Å². The molecule has 0 aromatic heterocycles. The summed E-state index contributed by atoms with van der Waals surface area (Å²) in [6, 6.07) is 11.4. The number of hydrogen-bond donors (Lipinski definition) is 2. The van der Waals surface area contributed by atoms with Gasteiger partial charge in [-0.2, -0.15) is 0 Å². The second-order valence-corrected chi connectivity index (χ2v) is 15.5. The summed E-state index contributed by atoms with van der Waals surface area (Å²) in [7, 11) is -3.94. The van der Waals surface area contributed by atoms with Gasteiger partial charge in [0.25, 0.3) is 5.91 Å². The topological polar surface area (TPSA) is 95.9 Å². The van der Waals surface area contributed by atoms with Crippen LogP contribution in [0.2, 0.25) is 5.02 Å². The molecule has 0 saturated heterocycles. The standard InChI is InChI=1S/C33H41ClN2O5S/c1-20-6-12-30(37)27-10-7-25(27)17-36-18-33(14-4-5-23-15-26(34)9-11-28(23)33)19-41-31-13-8-24(16-29(31)36)32(38)35-42(39,40)22(3)21(20)2/h6,8-9,11-13,15-16,20-22,25,27,30,37H,4-5,7,10,14,17-19H2,1-3H3,(H,35,38)/b12-6+/t20-,21-,22+,25-,27+,30-,33-/m0/s1. The number of rotatable bonds is 0. The van der Waals surface area contributed by atoms with Crippen molar-refractivity contribution in [3.8, 4) is 5.75 Å². The second kappa shape index (κ2) is 11.2. The molecule has 42 heavy (non-hydrogen) atoms. The van der Waals surface area contributed by atoms with Crippen LogP contribution in [0.4, 0.5) is 5.69 Å². The average Bonchev–Trinajstić information content (AvgIpc) is 3.09. The van der Waals surface area contributed by atoms with E-state index in [0.717, 1.165) is 42.8 Å². The lowest BCUT2D eigenvalue weighted by atomic mass is 9.68. The lowest BCUT2D eigenvalue weighted by Gasteiger charge is -2.45. The number of anilines is 1. The van der Waals surface area contributed by atoms with Crippen LogP contribution >= 0.6 is 11.6 Å². The molecule has 1 spiro atoms. The number of allylic oxidation sites excluding steroid dienone is 1. The maximum atomic E-state index is 13.4. The number of benzene rings is 2. The highest BCUT2D eigenvalue weighted by Crippen LogP contribution is 2.46. The molecule has 0 unspecified atom stereocenters. The van der Waals surface area contributed by atoms with Gasteiger partial charge < -0.3 is 14.7 Å². The number of aryl methyl sites for hydroxylation is 1. The summed E-state index contributed by atoms with van der Waals surface area (Å²) in [5, 5.41) is 11.1. The number of nitrogens with zero attached hydrogens (tertiary/aromatic N) is 1. The first-order chi connectivity index (χ1) is 20.0. The van der Waals surface area contributed by atoms with Gasteiger partial charge in [0.15, 0.2) is 0 Å². The van der Waals surface area contributed by atoms with Crippen molar-refractivity contribution in [2.24, 2.45) is 23.7 Å². The van der Waals surface area contributed by atoms with Gasteiger partial charge in [0.2, 0.25) is 10.0 Å². The van der Waals surface area contributed by atoms with E-state index in [-0.39, 0.29) is 34.7 Å². The third-order valence-corrected chi connectivity index (χ3v) is 12.7. The number of sulfonamides is 1. The van der Waals surface area contributed by atoms with Gasteiger partial charge in [0.1, 0.15) is 5.75 Å². The highest BCUT2D eigenvalue weighted by atomic mass is 35.5. The number of fused-ring (bicyclic) bond motifs is 4. The fraction of sp³-hybridized carbons (Fsp3) is 0.545. The van der Waals surface area contributed by atoms with Crippen molar-refractivity contribution in [1.82, 2.24) is 4.72 Å². The number of aliphatic hydroxyl groups is 1. The molecule has 4 aliphatic rings. The van der Waals surface area contributed by atoms with Crippen molar-refractivity contribution in [2.45, 2.75) is 69.6 Å². The normalized spacial score (nSPS) is 35.1. The van der Waals surface area contributed by atoms with Crippen LogP contribution in [0, 0.1) is 23.7 Å². The number of amides is 1. The molecule has 7 nitrogen and oxygen atoms in total. The van der Waals surface area contributed by atoms with Gasteiger partial charge in [0, 0.05) is 29.1 Å². The Morgan fingerprint density at radius 1 is 1.10 bits per heavy atom. The molecular formula is C33H41ClN2O5S. The molecule has 2 bridgehead atoms. The van der Waals surface area contributed by atoms with Crippen LogP contribution < -0.4 is 14.4 Å². The Morgan fingerprint density at radius 3 is 2.67 bits per heavy atom. The lowest BCUT2D eigenvalue weighted by Crippen LogP contribution is -2.49. The van der Waals surface area contributed by atoms with Gasteiger partial charge in [0.05, 0.1) is 23.6 Å². The summed E-state index contributed by atoms with van der Waals surface area (Å²) >= 11 is 6.39. The molecule has 1 amide bonds. The molecule has 2 N–H and O–H groups in total. The molecule has 2 aromatic rings. The molecule has 7 atom stereocenters. The monoisotopic (exact) mass is 612 g/mol. The van der Waals surface area contributed by atoms with E-state index in [4.69, 9.17) is 16.3 Å². The van der Waals surface area contributed by atoms with Crippen LogP contribution in [-0.4, -0.2) is 50.5 Å². The van der Waals surface area contributed by atoms with Gasteiger partial charge in [-0.15, -0.1) is 0 Å². The lowest BCUT2D eigenvalue weighted by molar-refractivity contribution is 0.0454. The van der Waals surface area contributed by atoms with Crippen molar-refractivity contribution in [1.29, 1.82) is 0 Å². The molecule has 226 valence electrons. The molecule has 2 aliphatic carbocycles. The smallest absolute Gasteiger partial charge is 0.264 e. The van der Waals surface area contributed by atoms with Crippen molar-refractivity contribution < 1.29 is 23.1 Å². The minimum Gasteiger partial charge on any atom is -0.490 e. The van der Waals surface area contributed by atoms with Crippen LogP contribution in [0.25, 0.3) is 0 Å². The Morgan fingerprint density at radius 2 is 1.90 bits per heavy atom. The average molecular weight is 613 g/mol. The maximum Gasteiger partial charge on any atom is 0.264 e. The zero-order chi connectivity index (χ0) is 29.8. The number of nitrogens with one attached hydrogen (secondary N) is 1. The highest BCUT2D eigenvalue weighted by Gasteiger charge is 2.44. The van der Waals surface area contributed by atoms with E-state index in [1.807, 2.05) is 32.1 Å². The fourth-order valence-electron chi connectivity index (χ4n) is 7.41. The molecule has 1 saturated carbocycles. The number of hydrogen-bond acceptors (Lipinski definition) is 6. The van der Waals surface area contributed by atoms with Gasteiger partial charge in [-0.25, -0.2) is 13.1 Å². The quantitative estimate of drug-likeness (QED) is 0.382. The van der Waals surface area contributed by atoms with Crippen LogP contribution in [-0.2, 0) is 21.9 Å². The van der Waals surface area contributed by atoms with Crippen LogP contribution in [0.15, 0.2) is 48.6 Å². The van der Waals surface area contributed by atoms with Crippen LogP contribution in [0.3, 0.4) is 0 Å². The summed E-state index contributed by atoms with van der Waals surface area (Å²) in [5.74, 6) is 0.0790. The van der Waals surface area contributed by atoms with Crippen molar-refractivity contribution in [3.05, 3.63) is 70.3 Å². The highest BCUT2D eigenvalue weighted by molar-refractivity contribution is 7.90. The first-order valence-electron chi connectivity index (χ1n) is 15.2. The molecule has 2 heterocycles. The number of ether oxygens (including phenoxy) is 1. The first kappa shape index (κ1) is 29.5. The number of carbonyl (C=O) groups is 1. The molecular weight excluding hydrogens is 572 g/mol. The van der Waals surface area contributed by atoms with E-state index >= 15 is 0 Å². The number of halogens is 1. The van der Waals surface area contributed by atoms with Crippen LogP contribution in [0.5, 0.6) is 5.75 Å². The summed E-state index contributed by atoms with van der Waals surface area (Å²) in [6.07, 6.45) is 8.11. The zero-order valence-corrected chi connectivity index (χ0v) is 26.1. The molecule has 2 aromatic carbocycles. The third kappa shape index (κ3) is 5.35. The van der Waals surface area contributed by atoms with E-state index in [9.17, 15) is 18.3 Å². The zero-order valence-electron chi connectivity index (χ0n) is 24.6. The Hall–Kier alpha value is -2.55. The van der Waals surface area contributed by atoms with Gasteiger partial charge in [-0.05, 0) is 104 Å². The first-order valence-corrected chi connectivity index (χ1v) is 17.1. The third-order valence-electron chi connectivity index (χ3n) is 10.6. The van der Waals surface area contributed by atoms with Gasteiger partial charge >= 0.3 is 0 Å². The van der Waals surface area contributed by atoms with Crippen molar-refractivity contribution in [2.75, 3.05) is 24.6 Å². The maximum absolute atomic E-state index is 13.4. The number of carbonyl (C=O) groups excluding carboxylic acids is 1. The van der Waals surface area contributed by atoms with Gasteiger partial charge in [-0.1, -0.05) is 43.7 Å². The molecule has 2 aliphatic heterocycles. The molecule has 9 heteroatoms. The molecule has 0 radical (unpaired) electrons. The summed E-state index contributed by atoms with van der Waals surface area (Å²) in [6.45, 7) is 7.36. The Kier molecular flexibility index (Phi) is 7.86. The van der Waals surface area contributed by atoms with Crippen LogP contribution in [0.1, 0.15) is 67.9 Å². The largest absolute Gasteiger partial charge is 0.490 e. The number of aliphatic hydroxyl groups excluding tert-OH is 1. The molecule has 1 fully saturated rings. The summed E-state index contributed by atoms with van der Waals surface area (Å²) in [5.41, 5.74) is 3.32.